The molecule has 0 saturated carbocycles. The lowest BCUT2D eigenvalue weighted by Crippen LogP contribution is -2.08. The van der Waals surface area contributed by atoms with Crippen molar-refractivity contribution in [2.45, 2.75) is 0 Å². The number of hydrogen-bond donors (Lipinski definition) is 2. The molecule has 0 aliphatic rings. The van der Waals surface area contributed by atoms with Gasteiger partial charge in [0.1, 0.15) is 0 Å². The van der Waals surface area contributed by atoms with Crippen LogP contribution in [-0.4, -0.2) is 22.0 Å². The van der Waals surface area contributed by atoms with Crippen LogP contribution in [0.4, 0.5) is 4.79 Å². The first-order chi connectivity index (χ1) is 3.55. The van der Waals surface area contributed by atoms with Gasteiger partial charge in [-0.2, -0.15) is 0 Å². The van der Waals surface area contributed by atoms with Crippen molar-refractivity contribution >= 4 is 26.6 Å². The van der Waals surface area contributed by atoms with Gasteiger partial charge in [-0.25, -0.2) is 8.42 Å². The molecule has 2 atom stereocenters. The van der Waals surface area contributed by atoms with E-state index < -0.39 is 26.6 Å². The topological polar surface area (TPSA) is 91.7 Å². The summed E-state index contributed by atoms with van der Waals surface area (Å²) in [6.07, 6.45) is 0. The van der Waals surface area contributed by atoms with E-state index in [0.29, 0.717) is 0 Å². The molecule has 0 radical (unpaired) electrons. The van der Waals surface area contributed by atoms with Crippen LogP contribution in [0.3, 0.4) is 0 Å². The van der Waals surface area contributed by atoms with Crippen molar-refractivity contribution in [2.75, 3.05) is 0 Å². The van der Waals surface area contributed by atoms with Gasteiger partial charge in [-0.1, -0.05) is 0 Å². The van der Waals surface area contributed by atoms with Gasteiger partial charge in [-0.15, -0.1) is 0 Å². The summed E-state index contributed by atoms with van der Waals surface area (Å²) in [7, 11) is 0. The molecule has 48 valence electrons. The van der Waals surface area contributed by atoms with Gasteiger partial charge >= 0.3 is 4.45 Å². The molecule has 0 rings (SSSR count). The molecule has 2 unspecified atom stereocenters. The first-order valence-corrected chi connectivity index (χ1v) is 3.52. The Morgan fingerprint density at radius 2 is 1.38 bits per heavy atom. The van der Waals surface area contributed by atoms with Crippen LogP contribution in [0.15, 0.2) is 0 Å². The summed E-state index contributed by atoms with van der Waals surface area (Å²) >= 11 is -5.66. The largest absolute Gasteiger partial charge is 0.359 e. The Bertz CT molecular complexity index is 133. The van der Waals surface area contributed by atoms with Gasteiger partial charge in [-0.3, -0.25) is 13.9 Å². The lowest BCUT2D eigenvalue weighted by atomic mass is 11.8. The van der Waals surface area contributed by atoms with Gasteiger partial charge in [-0.05, 0) is 0 Å². The molecule has 0 amide bonds. The highest BCUT2D eigenvalue weighted by Crippen LogP contribution is 1.84. The van der Waals surface area contributed by atoms with Crippen LogP contribution in [-0.2, 0) is 22.2 Å². The predicted molar refractivity (Wildman–Crippen MR) is 26.9 cm³/mol. The summed E-state index contributed by atoms with van der Waals surface area (Å²) in [4.78, 5) is 9.74. The maximum Gasteiger partial charge on any atom is 0.359 e. The smallest absolute Gasteiger partial charge is 0.299 e. The molecule has 2 N–H and O–H groups in total. The van der Waals surface area contributed by atoms with Crippen molar-refractivity contribution in [3.63, 3.8) is 0 Å². The standard InChI is InChI=1S/CH2O5S2/c2-1(7(3)4)8(5)6/h(H,3,4)(H,5,6). The molecule has 0 aromatic carbocycles. The Kier molecular flexibility index (Phi) is 2.98. The maximum absolute atomic E-state index is 9.74. The third kappa shape index (κ3) is 2.26. The molecule has 0 fully saturated rings. The van der Waals surface area contributed by atoms with Crippen LogP contribution >= 0.6 is 0 Å². The van der Waals surface area contributed by atoms with E-state index in [1.165, 1.54) is 0 Å². The number of rotatable bonds is 0. The van der Waals surface area contributed by atoms with Gasteiger partial charge in [0.2, 0.25) is 22.2 Å². The van der Waals surface area contributed by atoms with Crippen molar-refractivity contribution < 1.29 is 22.3 Å². The highest BCUT2D eigenvalue weighted by molar-refractivity contribution is 8.21. The zero-order valence-electron chi connectivity index (χ0n) is 3.44. The average molecular weight is 158 g/mol. The fourth-order valence-electron chi connectivity index (χ4n) is 0.0610. The average Bonchev–Trinajstić information content (AvgIpc) is 1.64. The number of carbonyl (C=O) groups is 1. The maximum atomic E-state index is 9.74. The van der Waals surface area contributed by atoms with Crippen LogP contribution in [0.2, 0.25) is 0 Å². The summed E-state index contributed by atoms with van der Waals surface area (Å²) < 4.78 is 33.0. The summed E-state index contributed by atoms with van der Waals surface area (Å²) in [5.41, 5.74) is 0. The van der Waals surface area contributed by atoms with E-state index in [9.17, 15) is 13.2 Å². The zero-order chi connectivity index (χ0) is 6.73. The summed E-state index contributed by atoms with van der Waals surface area (Å²) in [6, 6.07) is 0. The third-order valence-corrected chi connectivity index (χ3v) is 1.71. The van der Waals surface area contributed by atoms with E-state index in [4.69, 9.17) is 9.11 Å². The monoisotopic (exact) mass is 158 g/mol. The molecule has 0 aliphatic carbocycles. The Morgan fingerprint density at radius 3 is 1.38 bits per heavy atom. The normalized spacial score (nSPS) is 17.2. The molecule has 0 heterocycles. The first-order valence-electron chi connectivity index (χ1n) is 1.31. The number of carbonyl (C=O) groups excluding carboxylic acids is 1. The molecule has 0 saturated heterocycles. The second-order valence-electron chi connectivity index (χ2n) is 0.748. The highest BCUT2D eigenvalue weighted by Gasteiger charge is 2.14. The second kappa shape index (κ2) is 3.02. The van der Waals surface area contributed by atoms with Crippen molar-refractivity contribution in [1.29, 1.82) is 0 Å². The fourth-order valence-corrected chi connectivity index (χ4v) is 0.549. The van der Waals surface area contributed by atoms with Gasteiger partial charge in [0.05, 0.1) is 0 Å². The lowest BCUT2D eigenvalue weighted by molar-refractivity contribution is 0.272. The minimum absolute atomic E-state index is 1.59. The molecule has 0 aliphatic heterocycles. The molecule has 0 aromatic rings. The van der Waals surface area contributed by atoms with Gasteiger partial charge in [0.15, 0.2) is 0 Å². The van der Waals surface area contributed by atoms with Gasteiger partial charge in [0, 0.05) is 0 Å². The minimum atomic E-state index is -2.83. The van der Waals surface area contributed by atoms with E-state index in [1.54, 1.807) is 0 Å². The number of hydrogen-bond acceptors (Lipinski definition) is 3. The molecular formula is CH2O5S2. The van der Waals surface area contributed by atoms with E-state index >= 15 is 0 Å². The quantitative estimate of drug-likeness (QED) is 0.466. The molecule has 0 bridgehead atoms. The van der Waals surface area contributed by atoms with Crippen molar-refractivity contribution in [2.24, 2.45) is 0 Å². The summed E-state index contributed by atoms with van der Waals surface area (Å²) in [5.74, 6) is 0. The van der Waals surface area contributed by atoms with E-state index in [1.807, 2.05) is 0 Å². The van der Waals surface area contributed by atoms with Crippen LogP contribution in [0.1, 0.15) is 0 Å². The Morgan fingerprint density at radius 1 is 1.12 bits per heavy atom. The minimum Gasteiger partial charge on any atom is -0.299 e. The van der Waals surface area contributed by atoms with E-state index in [-0.39, 0.29) is 0 Å². The van der Waals surface area contributed by atoms with Crippen LogP contribution < -0.4 is 0 Å². The van der Waals surface area contributed by atoms with Crippen LogP contribution in [0, 0.1) is 0 Å². The summed E-state index contributed by atoms with van der Waals surface area (Å²) in [5, 5.41) is 0. The third-order valence-electron chi connectivity index (χ3n) is 0.285. The lowest BCUT2D eigenvalue weighted by Gasteiger charge is -1.81. The summed E-state index contributed by atoms with van der Waals surface area (Å²) in [6.45, 7) is 0. The predicted octanol–water partition coefficient (Wildman–Crippen LogP) is -0.450. The fraction of sp³-hybridized carbons (Fsp3) is 0. The van der Waals surface area contributed by atoms with Crippen molar-refractivity contribution in [1.82, 2.24) is 0 Å². The SMILES string of the molecule is O=C(S(=O)O)S(=O)O. The van der Waals surface area contributed by atoms with E-state index in [2.05, 4.69) is 0 Å². The van der Waals surface area contributed by atoms with Crippen molar-refractivity contribution in [3.05, 3.63) is 0 Å². The zero-order valence-corrected chi connectivity index (χ0v) is 5.07. The van der Waals surface area contributed by atoms with Crippen molar-refractivity contribution in [3.8, 4) is 0 Å². The molecule has 0 spiro atoms. The van der Waals surface area contributed by atoms with E-state index in [0.717, 1.165) is 0 Å². The molecule has 8 heavy (non-hydrogen) atoms. The molecular weight excluding hydrogens is 156 g/mol. The molecule has 7 heteroatoms. The Balaban J connectivity index is 4.05. The molecule has 0 aromatic heterocycles. The Hall–Kier alpha value is -0.110. The first kappa shape index (κ1) is 7.89. The molecule has 5 nitrogen and oxygen atoms in total. The Labute approximate surface area is 49.7 Å². The van der Waals surface area contributed by atoms with Gasteiger partial charge < -0.3 is 0 Å². The highest BCUT2D eigenvalue weighted by atomic mass is 32.3. The van der Waals surface area contributed by atoms with Gasteiger partial charge in [0.25, 0.3) is 0 Å². The van der Waals surface area contributed by atoms with Crippen LogP contribution in [0.25, 0.3) is 0 Å². The van der Waals surface area contributed by atoms with Crippen LogP contribution in [0.5, 0.6) is 0 Å². The second-order valence-corrected chi connectivity index (χ2v) is 2.74.